The van der Waals surface area contributed by atoms with Crippen LogP contribution in [0.4, 0.5) is 4.39 Å². The highest BCUT2D eigenvalue weighted by atomic mass is 35.5. The maximum Gasteiger partial charge on any atom is 0.260 e. The maximum absolute atomic E-state index is 13.5. The normalized spacial score (nSPS) is 16.6. The minimum absolute atomic E-state index is 0.128. The van der Waals surface area contributed by atoms with Crippen LogP contribution in [0.25, 0.3) is 11.3 Å². The summed E-state index contributed by atoms with van der Waals surface area (Å²) in [6.07, 6.45) is 1.67. The Morgan fingerprint density at radius 1 is 1.18 bits per heavy atom. The van der Waals surface area contributed by atoms with Crippen molar-refractivity contribution >= 4 is 29.1 Å². The zero-order valence-electron chi connectivity index (χ0n) is 15.1. The van der Waals surface area contributed by atoms with Gasteiger partial charge in [-0.2, -0.15) is 0 Å². The monoisotopic (exact) mass is 418 g/mol. The van der Waals surface area contributed by atoms with Crippen molar-refractivity contribution in [2.45, 2.75) is 25.8 Å². The third-order valence-electron chi connectivity index (χ3n) is 5.04. The summed E-state index contributed by atoms with van der Waals surface area (Å²) in [6.45, 7) is 2.29. The Bertz CT molecular complexity index is 1010. The molecule has 0 N–H and O–H groups in total. The number of amides is 1. The van der Waals surface area contributed by atoms with Crippen LogP contribution in [0, 0.1) is 12.7 Å². The number of carbonyl (C=O) groups excluding carboxylic acids is 1. The van der Waals surface area contributed by atoms with Crippen molar-refractivity contribution in [3.8, 4) is 11.3 Å². The number of hydrogen-bond acceptors (Lipinski definition) is 3. The van der Waals surface area contributed by atoms with Crippen molar-refractivity contribution in [2.75, 3.05) is 6.54 Å². The fourth-order valence-electron chi connectivity index (χ4n) is 3.70. The second-order valence-electron chi connectivity index (χ2n) is 6.77. The molecular formula is C21H17Cl2FN2O2. The highest BCUT2D eigenvalue weighted by Crippen LogP contribution is 2.39. The molecule has 144 valence electrons. The van der Waals surface area contributed by atoms with Crippen LogP contribution in [0.3, 0.4) is 0 Å². The third-order valence-corrected chi connectivity index (χ3v) is 5.67. The SMILES string of the molecule is Cc1onc(-c2c(Cl)cccc2Cl)c1C(=O)N1CCC[C@@H]1c1ccc(F)cc1. The lowest BCUT2D eigenvalue weighted by molar-refractivity contribution is 0.0734. The molecular weight excluding hydrogens is 402 g/mol. The molecule has 28 heavy (non-hydrogen) atoms. The number of aromatic nitrogens is 1. The average molecular weight is 419 g/mol. The van der Waals surface area contributed by atoms with Gasteiger partial charge in [-0.3, -0.25) is 4.79 Å². The predicted octanol–water partition coefficient (Wildman–Crippen LogP) is 6.07. The molecule has 0 unspecified atom stereocenters. The molecule has 4 rings (SSSR count). The van der Waals surface area contributed by atoms with Crippen LogP contribution in [0.1, 0.15) is 40.6 Å². The molecule has 1 saturated heterocycles. The van der Waals surface area contributed by atoms with E-state index in [2.05, 4.69) is 5.16 Å². The van der Waals surface area contributed by atoms with Crippen LogP contribution >= 0.6 is 23.2 Å². The van der Waals surface area contributed by atoms with Crippen LogP contribution < -0.4 is 0 Å². The first-order valence-electron chi connectivity index (χ1n) is 8.94. The van der Waals surface area contributed by atoms with Gasteiger partial charge < -0.3 is 9.42 Å². The summed E-state index contributed by atoms with van der Waals surface area (Å²) < 4.78 is 18.6. The lowest BCUT2D eigenvalue weighted by atomic mass is 10.0. The summed E-state index contributed by atoms with van der Waals surface area (Å²) >= 11 is 12.6. The van der Waals surface area contributed by atoms with Gasteiger partial charge in [-0.05, 0) is 49.6 Å². The number of likely N-dealkylation sites (tertiary alicyclic amines) is 1. The summed E-state index contributed by atoms with van der Waals surface area (Å²) in [7, 11) is 0. The van der Waals surface area contributed by atoms with Crippen molar-refractivity contribution in [3.63, 3.8) is 0 Å². The van der Waals surface area contributed by atoms with Crippen molar-refractivity contribution in [2.24, 2.45) is 0 Å². The van der Waals surface area contributed by atoms with E-state index < -0.39 is 0 Å². The molecule has 0 radical (unpaired) electrons. The van der Waals surface area contributed by atoms with Crippen LogP contribution in [0.15, 0.2) is 47.0 Å². The van der Waals surface area contributed by atoms with E-state index >= 15 is 0 Å². The molecule has 0 bridgehead atoms. The number of aryl methyl sites for hydroxylation is 1. The number of nitrogens with zero attached hydrogens (tertiary/aromatic N) is 2. The second kappa shape index (κ2) is 7.57. The predicted molar refractivity (Wildman–Crippen MR) is 106 cm³/mol. The van der Waals surface area contributed by atoms with E-state index in [0.29, 0.717) is 39.2 Å². The standard InChI is InChI=1S/C21H17Cl2FN2O2/c1-12-18(20(25-28-12)19-15(22)4-2-5-16(19)23)21(27)26-11-3-6-17(26)13-7-9-14(24)10-8-13/h2,4-5,7-10,17H,3,6,11H2,1H3/t17-/m1/s1. The highest BCUT2D eigenvalue weighted by Gasteiger charge is 2.35. The van der Waals surface area contributed by atoms with E-state index in [1.165, 1.54) is 12.1 Å². The summed E-state index contributed by atoms with van der Waals surface area (Å²) in [5, 5.41) is 4.86. The molecule has 1 aromatic heterocycles. The largest absolute Gasteiger partial charge is 0.360 e. The summed E-state index contributed by atoms with van der Waals surface area (Å²) in [6, 6.07) is 11.3. The van der Waals surface area contributed by atoms with Crippen molar-refractivity contribution in [1.29, 1.82) is 0 Å². The molecule has 1 amide bonds. The highest BCUT2D eigenvalue weighted by molar-refractivity contribution is 6.39. The lowest BCUT2D eigenvalue weighted by Gasteiger charge is -2.25. The Morgan fingerprint density at radius 2 is 1.86 bits per heavy atom. The molecule has 1 atom stereocenters. The molecule has 7 heteroatoms. The van der Waals surface area contributed by atoms with Gasteiger partial charge in [0, 0.05) is 12.1 Å². The minimum Gasteiger partial charge on any atom is -0.360 e. The molecule has 1 aliphatic rings. The van der Waals surface area contributed by atoms with Crippen LogP contribution in [-0.2, 0) is 0 Å². The van der Waals surface area contributed by atoms with Gasteiger partial charge in [0.15, 0.2) is 0 Å². The van der Waals surface area contributed by atoms with Gasteiger partial charge in [0.2, 0.25) is 0 Å². The Hall–Kier alpha value is -2.37. The zero-order valence-corrected chi connectivity index (χ0v) is 16.6. The third kappa shape index (κ3) is 3.29. The van der Waals surface area contributed by atoms with Crippen LogP contribution in [-0.4, -0.2) is 22.5 Å². The van der Waals surface area contributed by atoms with E-state index in [4.69, 9.17) is 27.7 Å². The zero-order chi connectivity index (χ0) is 19.8. The molecule has 2 aromatic carbocycles. The molecule has 1 fully saturated rings. The number of carbonyl (C=O) groups is 1. The molecule has 1 aliphatic heterocycles. The van der Waals surface area contributed by atoms with E-state index in [9.17, 15) is 9.18 Å². The number of hydrogen-bond donors (Lipinski definition) is 0. The molecule has 0 aliphatic carbocycles. The Labute approximate surface area is 171 Å². The van der Waals surface area contributed by atoms with E-state index in [0.717, 1.165) is 18.4 Å². The number of rotatable bonds is 3. The van der Waals surface area contributed by atoms with Gasteiger partial charge in [0.1, 0.15) is 22.8 Å². The first-order valence-corrected chi connectivity index (χ1v) is 9.70. The molecule has 3 aromatic rings. The van der Waals surface area contributed by atoms with Gasteiger partial charge in [-0.15, -0.1) is 0 Å². The quantitative estimate of drug-likeness (QED) is 0.518. The van der Waals surface area contributed by atoms with Crippen LogP contribution in [0.5, 0.6) is 0 Å². The number of benzene rings is 2. The Kier molecular flexibility index (Phi) is 5.13. The van der Waals surface area contributed by atoms with Crippen molar-refractivity contribution < 1.29 is 13.7 Å². The first-order chi connectivity index (χ1) is 13.5. The Morgan fingerprint density at radius 3 is 2.54 bits per heavy atom. The fraction of sp³-hybridized carbons (Fsp3) is 0.238. The first kappa shape index (κ1) is 19.0. The molecule has 4 nitrogen and oxygen atoms in total. The summed E-state index contributed by atoms with van der Waals surface area (Å²) in [5.74, 6) is -0.0949. The molecule has 2 heterocycles. The van der Waals surface area contributed by atoms with E-state index in [-0.39, 0.29) is 17.8 Å². The average Bonchev–Trinajstić information content (AvgIpc) is 3.29. The lowest BCUT2D eigenvalue weighted by Crippen LogP contribution is -2.31. The fourth-order valence-corrected chi connectivity index (χ4v) is 4.28. The Balaban J connectivity index is 1.74. The molecule has 0 spiro atoms. The van der Waals surface area contributed by atoms with Gasteiger partial charge in [-0.1, -0.05) is 46.6 Å². The van der Waals surface area contributed by atoms with Crippen molar-refractivity contribution in [3.05, 3.63) is 75.2 Å². The van der Waals surface area contributed by atoms with Gasteiger partial charge in [-0.25, -0.2) is 4.39 Å². The van der Waals surface area contributed by atoms with Crippen LogP contribution in [0.2, 0.25) is 10.0 Å². The number of halogens is 3. The van der Waals surface area contributed by atoms with E-state index in [1.807, 2.05) is 0 Å². The molecule has 0 saturated carbocycles. The minimum atomic E-state index is -0.301. The summed E-state index contributed by atoms with van der Waals surface area (Å²) in [5.41, 5.74) is 2.06. The summed E-state index contributed by atoms with van der Waals surface area (Å²) in [4.78, 5) is 15.2. The second-order valence-corrected chi connectivity index (χ2v) is 7.58. The topological polar surface area (TPSA) is 46.3 Å². The van der Waals surface area contributed by atoms with Gasteiger partial charge >= 0.3 is 0 Å². The maximum atomic E-state index is 13.5. The smallest absolute Gasteiger partial charge is 0.260 e. The van der Waals surface area contributed by atoms with E-state index in [1.54, 1.807) is 42.2 Å². The van der Waals surface area contributed by atoms with Crippen molar-refractivity contribution in [1.82, 2.24) is 10.1 Å². The van der Waals surface area contributed by atoms with Gasteiger partial charge in [0.05, 0.1) is 16.1 Å². The van der Waals surface area contributed by atoms with Gasteiger partial charge in [0.25, 0.3) is 5.91 Å².